The quantitative estimate of drug-likeness (QED) is 0.289. The van der Waals surface area contributed by atoms with Crippen molar-refractivity contribution in [1.82, 2.24) is 19.5 Å². The number of fused-ring (bicyclic) bond motifs is 1. The Morgan fingerprint density at radius 2 is 1.54 bits per heavy atom. The molecule has 156 valence electrons. The van der Waals surface area contributed by atoms with Crippen LogP contribution in [0.25, 0.3) is 11.2 Å². The van der Waals surface area contributed by atoms with E-state index in [1.54, 1.807) is 0 Å². The summed E-state index contributed by atoms with van der Waals surface area (Å²) in [5.41, 5.74) is 6.65. The summed E-state index contributed by atoms with van der Waals surface area (Å²) >= 11 is 5.18. The van der Waals surface area contributed by atoms with Crippen molar-refractivity contribution in [2.45, 2.75) is 96.8 Å². The maximum atomic E-state index is 12.4. The van der Waals surface area contributed by atoms with Crippen LogP contribution in [-0.2, 0) is 0 Å². The number of aromatic amines is 1. The van der Waals surface area contributed by atoms with Gasteiger partial charge in [-0.05, 0) is 6.42 Å². The molecular formula is C21H35N5OS. The van der Waals surface area contributed by atoms with Crippen molar-refractivity contribution in [3.63, 3.8) is 0 Å². The molecule has 0 fully saturated rings. The van der Waals surface area contributed by atoms with Crippen molar-refractivity contribution < 1.29 is 4.79 Å². The number of nitrogens with two attached hydrogens (primary N) is 1. The van der Waals surface area contributed by atoms with Crippen LogP contribution in [0.4, 0.5) is 5.95 Å². The molecule has 0 atom stereocenters. The first-order valence-electron chi connectivity index (χ1n) is 10.9. The zero-order valence-corrected chi connectivity index (χ0v) is 18.0. The molecule has 0 bridgehead atoms. The monoisotopic (exact) mass is 405 g/mol. The second kappa shape index (κ2) is 12.6. The van der Waals surface area contributed by atoms with Crippen molar-refractivity contribution in [3.8, 4) is 0 Å². The lowest BCUT2D eigenvalue weighted by atomic mass is 10.0. The number of hydrogen-bond acceptors (Lipinski definition) is 5. The number of unbranched alkanes of at least 4 members (excludes halogenated alkanes) is 12. The molecule has 0 aliphatic heterocycles. The van der Waals surface area contributed by atoms with Crippen molar-refractivity contribution in [3.05, 3.63) is 11.0 Å². The minimum absolute atomic E-state index is 0.00178. The Bertz CT molecular complexity index is 783. The molecule has 0 saturated carbocycles. The molecule has 3 N–H and O–H groups in total. The Labute approximate surface area is 173 Å². The Morgan fingerprint density at radius 1 is 1.00 bits per heavy atom. The third-order valence-electron chi connectivity index (χ3n) is 5.19. The first-order chi connectivity index (χ1) is 13.6. The third-order valence-corrected chi connectivity index (χ3v) is 5.48. The number of rotatable bonds is 14. The van der Waals surface area contributed by atoms with Gasteiger partial charge in [-0.25, -0.2) is 4.98 Å². The van der Waals surface area contributed by atoms with Gasteiger partial charge in [-0.3, -0.25) is 9.36 Å². The number of H-pyrrole nitrogens is 1. The van der Waals surface area contributed by atoms with Gasteiger partial charge in [-0.15, -0.1) is 0 Å². The zero-order valence-electron chi connectivity index (χ0n) is 17.2. The topological polar surface area (TPSA) is 89.6 Å². The van der Waals surface area contributed by atoms with Gasteiger partial charge in [0.1, 0.15) is 16.5 Å². The highest BCUT2D eigenvalue weighted by Crippen LogP contribution is 2.15. The average Bonchev–Trinajstić information content (AvgIpc) is 3.09. The van der Waals surface area contributed by atoms with Gasteiger partial charge in [0.05, 0.1) is 0 Å². The molecule has 0 saturated heterocycles. The van der Waals surface area contributed by atoms with E-state index in [9.17, 15) is 4.79 Å². The summed E-state index contributed by atoms with van der Waals surface area (Å²) in [6.45, 7) is 2.26. The summed E-state index contributed by atoms with van der Waals surface area (Å²) in [4.78, 5) is 23.5. The summed E-state index contributed by atoms with van der Waals surface area (Å²) in [6, 6.07) is 0. The molecule has 6 nitrogen and oxygen atoms in total. The second-order valence-electron chi connectivity index (χ2n) is 7.62. The molecule has 0 amide bonds. The van der Waals surface area contributed by atoms with Crippen LogP contribution in [0.2, 0.25) is 0 Å². The predicted molar refractivity (Wildman–Crippen MR) is 118 cm³/mol. The van der Waals surface area contributed by atoms with E-state index in [4.69, 9.17) is 18.0 Å². The van der Waals surface area contributed by atoms with Crippen LogP contribution in [0.1, 0.15) is 102 Å². The van der Waals surface area contributed by atoms with Gasteiger partial charge in [0.15, 0.2) is 5.65 Å². The Kier molecular flexibility index (Phi) is 10.2. The van der Waals surface area contributed by atoms with E-state index < -0.39 is 0 Å². The molecule has 0 aliphatic carbocycles. The maximum absolute atomic E-state index is 12.4. The molecule has 2 aromatic rings. The van der Waals surface area contributed by atoms with E-state index in [1.807, 2.05) is 0 Å². The van der Waals surface area contributed by atoms with Crippen LogP contribution in [0.3, 0.4) is 0 Å². The fraction of sp³-hybridized carbons (Fsp3) is 0.714. The van der Waals surface area contributed by atoms with Crippen LogP contribution in [-0.4, -0.2) is 25.4 Å². The molecule has 0 radical (unpaired) electrons. The van der Waals surface area contributed by atoms with Crippen molar-refractivity contribution in [1.29, 1.82) is 0 Å². The first kappa shape index (κ1) is 22.5. The Hall–Kier alpha value is -1.76. The SMILES string of the molecule is CCCCCCCCCCCCCCCC(=O)n1cnc2c(=S)[nH]c(N)nc21. The number of nitrogens with one attached hydrogen (secondary N) is 1. The Balaban J connectivity index is 1.55. The minimum atomic E-state index is -0.00178. The molecule has 0 aliphatic rings. The lowest BCUT2D eigenvalue weighted by Crippen LogP contribution is -2.10. The van der Waals surface area contributed by atoms with Crippen molar-refractivity contribution in [2.75, 3.05) is 5.73 Å². The first-order valence-corrected chi connectivity index (χ1v) is 11.3. The normalized spacial score (nSPS) is 11.3. The summed E-state index contributed by atoms with van der Waals surface area (Å²) in [5.74, 6) is 0.200. The van der Waals surface area contributed by atoms with Crippen molar-refractivity contribution >= 4 is 35.2 Å². The highest BCUT2D eigenvalue weighted by molar-refractivity contribution is 7.71. The summed E-state index contributed by atoms with van der Waals surface area (Å²) < 4.78 is 1.88. The Morgan fingerprint density at radius 3 is 2.11 bits per heavy atom. The standard InChI is InChI=1S/C21H35N5OS/c1-2-3-4-5-6-7-8-9-10-11-12-13-14-15-17(27)26-16-23-18-19(26)24-21(22)25-20(18)28/h16H,2-15H2,1H3,(H3,22,24,25,28). The van der Waals surface area contributed by atoms with E-state index >= 15 is 0 Å². The average molecular weight is 406 g/mol. The predicted octanol–water partition coefficient (Wildman–Crippen LogP) is 6.19. The highest BCUT2D eigenvalue weighted by Gasteiger charge is 2.12. The van der Waals surface area contributed by atoms with Gasteiger partial charge < -0.3 is 10.7 Å². The number of aromatic nitrogens is 4. The molecule has 0 aromatic carbocycles. The van der Waals surface area contributed by atoms with Gasteiger partial charge in [0, 0.05) is 6.42 Å². The number of hydrogen-bond donors (Lipinski definition) is 2. The fourth-order valence-electron chi connectivity index (χ4n) is 3.52. The number of carbonyl (C=O) groups is 1. The van der Waals surface area contributed by atoms with Gasteiger partial charge >= 0.3 is 0 Å². The van der Waals surface area contributed by atoms with Crippen LogP contribution in [0.5, 0.6) is 0 Å². The molecule has 0 spiro atoms. The van der Waals surface area contributed by atoms with E-state index in [0.29, 0.717) is 22.2 Å². The molecular weight excluding hydrogens is 370 g/mol. The van der Waals surface area contributed by atoms with Crippen LogP contribution in [0.15, 0.2) is 6.33 Å². The number of nitrogens with zero attached hydrogens (tertiary/aromatic N) is 3. The number of imidazole rings is 1. The molecule has 2 aromatic heterocycles. The van der Waals surface area contributed by atoms with Gasteiger partial charge in [0.25, 0.3) is 0 Å². The lowest BCUT2D eigenvalue weighted by molar-refractivity contribution is 0.0903. The summed E-state index contributed by atoms with van der Waals surface area (Å²) in [6.07, 6.45) is 18.8. The van der Waals surface area contributed by atoms with E-state index in [1.165, 1.54) is 81.5 Å². The zero-order chi connectivity index (χ0) is 20.2. The van der Waals surface area contributed by atoms with E-state index in [0.717, 1.165) is 12.8 Å². The molecule has 0 unspecified atom stereocenters. The number of anilines is 1. The third kappa shape index (κ3) is 7.34. The van der Waals surface area contributed by atoms with E-state index in [2.05, 4.69) is 21.9 Å². The molecule has 28 heavy (non-hydrogen) atoms. The largest absolute Gasteiger partial charge is 0.369 e. The van der Waals surface area contributed by atoms with Crippen molar-refractivity contribution in [2.24, 2.45) is 0 Å². The maximum Gasteiger partial charge on any atom is 0.233 e. The fourth-order valence-corrected chi connectivity index (χ4v) is 3.77. The van der Waals surface area contributed by atoms with Gasteiger partial charge in [-0.2, -0.15) is 4.98 Å². The van der Waals surface area contributed by atoms with Gasteiger partial charge in [0.2, 0.25) is 11.9 Å². The molecule has 2 heterocycles. The summed E-state index contributed by atoms with van der Waals surface area (Å²) in [5, 5.41) is 0. The molecule has 7 heteroatoms. The van der Waals surface area contributed by atoms with Crippen LogP contribution < -0.4 is 5.73 Å². The van der Waals surface area contributed by atoms with Crippen LogP contribution >= 0.6 is 12.2 Å². The minimum Gasteiger partial charge on any atom is -0.369 e. The molecule has 2 rings (SSSR count). The summed E-state index contributed by atoms with van der Waals surface area (Å²) in [7, 11) is 0. The lowest BCUT2D eigenvalue weighted by Gasteiger charge is -2.04. The second-order valence-corrected chi connectivity index (χ2v) is 8.03. The van der Waals surface area contributed by atoms with E-state index in [-0.39, 0.29) is 11.9 Å². The number of nitrogen functional groups attached to an aromatic ring is 1. The smallest absolute Gasteiger partial charge is 0.233 e. The number of carbonyl (C=O) groups excluding carboxylic acids is 1. The highest BCUT2D eigenvalue weighted by atomic mass is 32.1. The van der Waals surface area contributed by atoms with Gasteiger partial charge in [-0.1, -0.05) is 96.2 Å². The van der Waals surface area contributed by atoms with Crippen LogP contribution in [0, 0.1) is 4.64 Å².